The fourth-order valence-electron chi connectivity index (χ4n) is 2.22. The molecule has 0 radical (unpaired) electrons. The largest absolute Gasteiger partial charge is 0.504 e. The van der Waals surface area contributed by atoms with Gasteiger partial charge in [-0.2, -0.15) is 4.98 Å². The van der Waals surface area contributed by atoms with E-state index < -0.39 is 5.91 Å². The number of aromatic nitrogens is 3. The van der Waals surface area contributed by atoms with Crippen molar-refractivity contribution in [3.05, 3.63) is 35.8 Å². The molecule has 3 rings (SSSR count). The molecule has 10 nitrogen and oxygen atoms in total. The van der Waals surface area contributed by atoms with Gasteiger partial charge in [0.2, 0.25) is 0 Å². The number of phenols is 1. The van der Waals surface area contributed by atoms with Crippen LogP contribution in [0.15, 0.2) is 24.4 Å². The Kier molecular flexibility index (Phi) is 4.44. The van der Waals surface area contributed by atoms with Crippen LogP contribution in [0.1, 0.15) is 0 Å². The summed E-state index contributed by atoms with van der Waals surface area (Å²) in [6.45, 7) is 6.66. The van der Waals surface area contributed by atoms with Gasteiger partial charge in [-0.05, 0) is 12.1 Å². The van der Waals surface area contributed by atoms with E-state index in [4.69, 9.17) is 21.8 Å². The zero-order chi connectivity index (χ0) is 18.7. The summed E-state index contributed by atoms with van der Waals surface area (Å²) < 4.78 is 10.2. The van der Waals surface area contributed by atoms with E-state index in [-0.39, 0.29) is 29.9 Å². The first-order valence-electron chi connectivity index (χ1n) is 7.33. The number of hydrogen-bond acceptors (Lipinski definition) is 7. The quantitative estimate of drug-likeness (QED) is 0.512. The number of anilines is 2. The van der Waals surface area contributed by atoms with Gasteiger partial charge in [0.15, 0.2) is 18.1 Å². The maximum atomic E-state index is 12.0. The van der Waals surface area contributed by atoms with Crippen LogP contribution < -0.4 is 20.5 Å². The molecule has 1 aromatic carbocycles. The number of nitrogens with one attached hydrogen (secondary N) is 2. The molecule has 132 valence electrons. The van der Waals surface area contributed by atoms with E-state index in [1.54, 1.807) is 6.07 Å². The highest BCUT2D eigenvalue weighted by Crippen LogP contribution is 2.29. The Labute approximate surface area is 147 Å². The zero-order valence-electron chi connectivity index (χ0n) is 13.6. The van der Waals surface area contributed by atoms with E-state index >= 15 is 0 Å². The second-order valence-corrected chi connectivity index (χ2v) is 5.14. The van der Waals surface area contributed by atoms with Gasteiger partial charge in [-0.25, -0.2) is 0 Å². The number of aromatic amines is 1. The average molecular weight is 354 g/mol. The van der Waals surface area contributed by atoms with Crippen molar-refractivity contribution < 1.29 is 19.4 Å². The van der Waals surface area contributed by atoms with Crippen LogP contribution in [0.3, 0.4) is 0 Å². The molecule has 10 heteroatoms. The Morgan fingerprint density at radius 3 is 3.00 bits per heavy atom. The number of benzene rings is 1. The second-order valence-electron chi connectivity index (χ2n) is 5.14. The van der Waals surface area contributed by atoms with Gasteiger partial charge in [-0.1, -0.05) is 6.57 Å². The van der Waals surface area contributed by atoms with Crippen molar-refractivity contribution in [1.82, 2.24) is 15.0 Å². The third-order valence-electron chi connectivity index (χ3n) is 3.43. The smallest absolute Gasteiger partial charge is 0.295 e. The number of aromatic hydroxyl groups is 1. The lowest BCUT2D eigenvalue weighted by Crippen LogP contribution is -2.20. The van der Waals surface area contributed by atoms with E-state index in [1.807, 2.05) is 0 Å². The fourth-order valence-corrected chi connectivity index (χ4v) is 2.22. The molecule has 0 saturated heterocycles. The van der Waals surface area contributed by atoms with Gasteiger partial charge in [0.1, 0.15) is 17.2 Å². The number of amides is 1. The number of fused-ring (bicyclic) bond motifs is 1. The Hall–Kier alpha value is -4.00. The van der Waals surface area contributed by atoms with E-state index in [0.29, 0.717) is 22.5 Å². The van der Waals surface area contributed by atoms with Crippen LogP contribution in [-0.4, -0.2) is 39.7 Å². The molecule has 5 N–H and O–H groups in total. The summed E-state index contributed by atoms with van der Waals surface area (Å²) in [5, 5.41) is 12.3. The summed E-state index contributed by atoms with van der Waals surface area (Å²) in [5.41, 5.74) is 7.18. The summed E-state index contributed by atoms with van der Waals surface area (Å²) in [6.07, 6.45) is 1.42. The first-order valence-corrected chi connectivity index (χ1v) is 7.33. The molecule has 0 aliphatic carbocycles. The standard InChI is InChI=1S/C16H14N6O4/c1-18-15-13(17)14-9(6-19-15)21-16(22-14)26-7-12(24)20-8-3-4-11(25-2)10(23)5-8/h3-6,23H,7,17H2,2H3,(H,20,24)(H,21,22). The van der Waals surface area contributed by atoms with Crippen molar-refractivity contribution in [2.24, 2.45) is 0 Å². The van der Waals surface area contributed by atoms with Crippen molar-refractivity contribution in [3.63, 3.8) is 0 Å². The van der Waals surface area contributed by atoms with Gasteiger partial charge in [0.05, 0.1) is 12.8 Å². The first kappa shape index (κ1) is 16.8. The topological polar surface area (TPSA) is 140 Å². The average Bonchev–Trinajstić information content (AvgIpc) is 3.05. The number of carbonyl (C=O) groups excluding carboxylic acids is 1. The summed E-state index contributed by atoms with van der Waals surface area (Å²) in [4.78, 5) is 26.0. The highest BCUT2D eigenvalue weighted by molar-refractivity contribution is 5.93. The van der Waals surface area contributed by atoms with Crippen molar-refractivity contribution in [2.75, 3.05) is 24.8 Å². The first-order chi connectivity index (χ1) is 12.5. The maximum Gasteiger partial charge on any atom is 0.295 e. The molecular formula is C16H14N6O4. The number of hydrogen-bond donors (Lipinski definition) is 4. The molecular weight excluding hydrogens is 340 g/mol. The number of ether oxygens (including phenoxy) is 2. The number of pyridine rings is 1. The van der Waals surface area contributed by atoms with Crippen molar-refractivity contribution in [1.29, 1.82) is 0 Å². The lowest BCUT2D eigenvalue weighted by Gasteiger charge is -2.08. The van der Waals surface area contributed by atoms with Crippen LogP contribution in [0.4, 0.5) is 17.2 Å². The Bertz CT molecular complexity index is 1020. The molecule has 2 heterocycles. The van der Waals surface area contributed by atoms with Crippen LogP contribution in [0.25, 0.3) is 15.9 Å². The highest BCUT2D eigenvalue weighted by Gasteiger charge is 2.14. The molecule has 0 fully saturated rings. The number of nitrogens with two attached hydrogens (primary N) is 1. The number of imidazole rings is 1. The highest BCUT2D eigenvalue weighted by atomic mass is 16.5. The van der Waals surface area contributed by atoms with Crippen LogP contribution >= 0.6 is 0 Å². The number of methoxy groups -OCH3 is 1. The van der Waals surface area contributed by atoms with Crippen molar-refractivity contribution >= 4 is 34.1 Å². The Balaban J connectivity index is 1.66. The number of rotatable bonds is 5. The van der Waals surface area contributed by atoms with E-state index in [2.05, 4.69) is 25.1 Å². The monoisotopic (exact) mass is 354 g/mol. The van der Waals surface area contributed by atoms with Crippen LogP contribution in [0, 0.1) is 6.57 Å². The lowest BCUT2D eigenvalue weighted by molar-refractivity contribution is -0.118. The maximum absolute atomic E-state index is 12.0. The zero-order valence-corrected chi connectivity index (χ0v) is 13.6. The number of H-pyrrole nitrogens is 1. The van der Waals surface area contributed by atoms with Gasteiger partial charge >= 0.3 is 0 Å². The molecule has 0 aliphatic heterocycles. The van der Waals surface area contributed by atoms with Crippen LogP contribution in [0.2, 0.25) is 0 Å². The molecule has 26 heavy (non-hydrogen) atoms. The number of nitrogen functional groups attached to an aromatic ring is 1. The minimum absolute atomic E-state index is 0.0487. The van der Waals surface area contributed by atoms with Gasteiger partial charge in [-0.15, -0.1) is 4.98 Å². The third kappa shape index (κ3) is 3.27. The van der Waals surface area contributed by atoms with Gasteiger partial charge < -0.3 is 35.5 Å². The molecule has 1 amide bonds. The molecule has 0 bridgehead atoms. The molecule has 0 saturated carbocycles. The lowest BCUT2D eigenvalue weighted by atomic mass is 10.2. The van der Waals surface area contributed by atoms with Gasteiger partial charge in [0, 0.05) is 11.8 Å². The SMILES string of the molecule is [C-]#[N+]c1ncc2[nH]c(OCC(=O)Nc3ccc(OC)c(O)c3)nc2c1N. The predicted molar refractivity (Wildman–Crippen MR) is 93.3 cm³/mol. The number of nitrogens with zero attached hydrogens (tertiary/aromatic N) is 3. The summed E-state index contributed by atoms with van der Waals surface area (Å²) >= 11 is 0. The Morgan fingerprint density at radius 1 is 1.50 bits per heavy atom. The summed E-state index contributed by atoms with van der Waals surface area (Å²) in [7, 11) is 1.43. The molecule has 0 unspecified atom stereocenters. The van der Waals surface area contributed by atoms with Gasteiger partial charge in [0.25, 0.3) is 17.7 Å². The van der Waals surface area contributed by atoms with Crippen LogP contribution in [-0.2, 0) is 4.79 Å². The van der Waals surface area contributed by atoms with E-state index in [9.17, 15) is 9.90 Å². The molecule has 0 aliphatic rings. The van der Waals surface area contributed by atoms with Crippen molar-refractivity contribution in [2.45, 2.75) is 0 Å². The fraction of sp³-hybridized carbons (Fsp3) is 0.125. The second kappa shape index (κ2) is 6.86. The molecule has 0 spiro atoms. The Morgan fingerprint density at radius 2 is 2.31 bits per heavy atom. The molecule has 0 atom stereocenters. The van der Waals surface area contributed by atoms with Gasteiger partial charge in [-0.3, -0.25) is 4.79 Å². The van der Waals surface area contributed by atoms with Crippen molar-refractivity contribution in [3.8, 4) is 17.5 Å². The van der Waals surface area contributed by atoms with E-state index in [0.717, 1.165) is 0 Å². The minimum atomic E-state index is -0.456. The number of carbonyl (C=O) groups is 1. The predicted octanol–water partition coefficient (Wildman–Crippen LogP) is 1.82. The summed E-state index contributed by atoms with van der Waals surface area (Å²) in [6, 6.07) is 4.53. The van der Waals surface area contributed by atoms with E-state index in [1.165, 1.54) is 25.4 Å². The molecule has 3 aromatic rings. The number of phenolic OH excluding ortho intramolecular Hbond substituents is 1. The molecule has 2 aromatic heterocycles. The normalized spacial score (nSPS) is 10.3. The van der Waals surface area contributed by atoms with Crippen LogP contribution in [0.5, 0.6) is 17.5 Å². The summed E-state index contributed by atoms with van der Waals surface area (Å²) in [5.74, 6) is -0.204. The minimum Gasteiger partial charge on any atom is -0.504 e. The third-order valence-corrected chi connectivity index (χ3v) is 3.43.